The molecule has 1 aliphatic rings. The van der Waals surface area contributed by atoms with Crippen molar-refractivity contribution in [2.75, 3.05) is 0 Å². The molecule has 1 aromatic rings. The molecule has 1 aromatic carbocycles. The van der Waals surface area contributed by atoms with Crippen LogP contribution in [0.5, 0.6) is 0 Å². The van der Waals surface area contributed by atoms with Crippen molar-refractivity contribution in [3.63, 3.8) is 0 Å². The van der Waals surface area contributed by atoms with Gasteiger partial charge in [0.1, 0.15) is 0 Å². The molecule has 0 N–H and O–H groups in total. The lowest BCUT2D eigenvalue weighted by Crippen LogP contribution is -2.13. The third-order valence-electron chi connectivity index (χ3n) is 6.48. The Hall–Kier alpha value is -1.81. The molecule has 1 aliphatic carbocycles. The number of nitriles is 1. The highest BCUT2D eigenvalue weighted by Crippen LogP contribution is 2.32. The zero-order valence-corrected chi connectivity index (χ0v) is 18.6. The molecular weight excluding hydrogens is 350 g/mol. The Bertz CT molecular complexity index is 623. The van der Waals surface area contributed by atoms with E-state index >= 15 is 0 Å². The molecule has 0 bridgehead atoms. The summed E-state index contributed by atoms with van der Waals surface area (Å²) >= 11 is 0. The maximum absolute atomic E-state index is 8.51. The van der Waals surface area contributed by atoms with Gasteiger partial charge in [0.2, 0.25) is 0 Å². The lowest BCUT2D eigenvalue weighted by atomic mass is 9.79. The van der Waals surface area contributed by atoms with Gasteiger partial charge in [-0.25, -0.2) is 0 Å². The van der Waals surface area contributed by atoms with Gasteiger partial charge in [0.15, 0.2) is 0 Å². The summed E-state index contributed by atoms with van der Waals surface area (Å²) in [5.74, 6) is 1.66. The minimum absolute atomic E-state index is 0.722. The van der Waals surface area contributed by atoms with Crippen molar-refractivity contribution >= 4 is 0 Å². The summed E-state index contributed by atoms with van der Waals surface area (Å²) < 4.78 is 0. The van der Waals surface area contributed by atoms with Gasteiger partial charge in [-0.2, -0.15) is 5.26 Å². The van der Waals surface area contributed by atoms with Gasteiger partial charge in [0, 0.05) is 6.08 Å². The number of nitrogens with zero attached hydrogens (tertiary/aromatic N) is 1. The van der Waals surface area contributed by atoms with E-state index in [1.165, 1.54) is 101 Å². The van der Waals surface area contributed by atoms with Crippen molar-refractivity contribution in [2.24, 2.45) is 11.8 Å². The van der Waals surface area contributed by atoms with Crippen LogP contribution in [0.1, 0.15) is 95.1 Å². The molecule has 2 rings (SSSR count). The monoisotopic (exact) mass is 391 g/mol. The Balaban J connectivity index is 1.54. The number of unbranched alkanes of at least 4 members (excludes halogenated alkanes) is 5. The summed E-state index contributed by atoms with van der Waals surface area (Å²) in [6, 6.07) is 11.5. The molecule has 0 radical (unpaired) electrons. The van der Waals surface area contributed by atoms with E-state index in [4.69, 9.17) is 5.26 Å². The van der Waals surface area contributed by atoms with Crippen LogP contribution >= 0.6 is 0 Å². The van der Waals surface area contributed by atoms with E-state index < -0.39 is 0 Å². The van der Waals surface area contributed by atoms with Crippen molar-refractivity contribution in [1.29, 1.82) is 5.26 Å². The smallest absolute Gasteiger partial charge is 0.0912 e. The molecule has 1 fully saturated rings. The van der Waals surface area contributed by atoms with Crippen LogP contribution in [-0.4, -0.2) is 0 Å². The average Bonchev–Trinajstić information content (AvgIpc) is 2.76. The maximum atomic E-state index is 8.51. The minimum atomic E-state index is 0.722. The molecule has 0 aromatic heterocycles. The van der Waals surface area contributed by atoms with E-state index in [-0.39, 0.29) is 0 Å². The van der Waals surface area contributed by atoms with Crippen LogP contribution in [0.25, 0.3) is 0 Å². The fourth-order valence-corrected chi connectivity index (χ4v) is 4.56. The first kappa shape index (κ1) is 23.5. The molecule has 29 heavy (non-hydrogen) atoms. The number of allylic oxidation sites excluding steroid dienone is 4. The highest BCUT2D eigenvalue weighted by atomic mass is 14.2. The molecule has 0 atom stereocenters. The predicted octanol–water partition coefficient (Wildman–Crippen LogP) is 8.35. The fourth-order valence-electron chi connectivity index (χ4n) is 4.56. The van der Waals surface area contributed by atoms with Gasteiger partial charge in [-0.15, -0.1) is 0 Å². The SMILES string of the molecule is CCCCCCCc1ccc(CCCCC2CCC(C=CC=CC#N)CC2)cc1. The molecule has 1 heteroatoms. The standard InChI is InChI=1S/C28H41N/c1-2-3-4-5-7-12-25-16-20-27(21-17-25)14-9-10-15-28-22-18-26(19-23-28)13-8-6-11-24-29/h6,8,11,13,16-17,20-21,26,28H,2-5,7,9-10,12,14-15,18-19,22-23H2,1H3. The summed E-state index contributed by atoms with van der Waals surface area (Å²) in [5.41, 5.74) is 3.03. The van der Waals surface area contributed by atoms with E-state index in [1.807, 2.05) is 18.2 Å². The van der Waals surface area contributed by atoms with Crippen LogP contribution in [0.2, 0.25) is 0 Å². The van der Waals surface area contributed by atoms with Gasteiger partial charge in [-0.3, -0.25) is 0 Å². The minimum Gasteiger partial charge on any atom is -0.193 e. The van der Waals surface area contributed by atoms with Crippen LogP contribution in [-0.2, 0) is 12.8 Å². The van der Waals surface area contributed by atoms with Crippen molar-refractivity contribution in [2.45, 2.75) is 96.8 Å². The Morgan fingerprint density at radius 1 is 0.828 bits per heavy atom. The summed E-state index contributed by atoms with van der Waals surface area (Å²) in [7, 11) is 0. The Labute approximate surface area is 179 Å². The number of rotatable bonds is 13. The summed E-state index contributed by atoms with van der Waals surface area (Å²) in [4.78, 5) is 0. The molecule has 0 spiro atoms. The second-order valence-corrected chi connectivity index (χ2v) is 8.88. The Morgan fingerprint density at radius 2 is 1.45 bits per heavy atom. The molecule has 0 amide bonds. The third kappa shape index (κ3) is 10.5. The van der Waals surface area contributed by atoms with Crippen molar-refractivity contribution in [3.8, 4) is 6.07 Å². The van der Waals surface area contributed by atoms with Gasteiger partial charge < -0.3 is 0 Å². The molecular formula is C28H41N. The van der Waals surface area contributed by atoms with Crippen LogP contribution < -0.4 is 0 Å². The normalized spacial score (nSPS) is 19.7. The van der Waals surface area contributed by atoms with Crippen LogP contribution in [0.15, 0.2) is 48.6 Å². The summed E-state index contributed by atoms with van der Waals surface area (Å²) in [5, 5.41) is 8.51. The highest BCUT2D eigenvalue weighted by Gasteiger charge is 2.18. The fraction of sp³-hybridized carbons (Fsp3) is 0.607. The Morgan fingerprint density at radius 3 is 2.07 bits per heavy atom. The number of benzene rings is 1. The molecule has 0 unspecified atom stereocenters. The Kier molecular flexibility index (Phi) is 12.2. The zero-order valence-electron chi connectivity index (χ0n) is 18.6. The first-order chi connectivity index (χ1) is 14.3. The highest BCUT2D eigenvalue weighted by molar-refractivity contribution is 5.22. The maximum Gasteiger partial charge on any atom is 0.0912 e. The summed E-state index contributed by atoms with van der Waals surface area (Å²) in [6.07, 6.45) is 26.6. The quantitative estimate of drug-likeness (QED) is 0.188. The van der Waals surface area contributed by atoms with Gasteiger partial charge in [0.25, 0.3) is 0 Å². The van der Waals surface area contributed by atoms with Gasteiger partial charge in [-0.1, -0.05) is 87.9 Å². The molecule has 0 aliphatic heterocycles. The average molecular weight is 392 g/mol. The van der Waals surface area contributed by atoms with Gasteiger partial charge in [0.05, 0.1) is 6.07 Å². The lowest BCUT2D eigenvalue weighted by molar-refractivity contribution is 0.289. The summed E-state index contributed by atoms with van der Waals surface area (Å²) in [6.45, 7) is 2.28. The van der Waals surface area contributed by atoms with E-state index in [1.54, 1.807) is 6.08 Å². The zero-order chi connectivity index (χ0) is 20.6. The van der Waals surface area contributed by atoms with E-state index in [9.17, 15) is 0 Å². The molecule has 0 heterocycles. The molecule has 1 saturated carbocycles. The first-order valence-corrected chi connectivity index (χ1v) is 12.1. The molecule has 0 saturated heterocycles. The number of hydrogen-bond acceptors (Lipinski definition) is 1. The topological polar surface area (TPSA) is 23.8 Å². The first-order valence-electron chi connectivity index (χ1n) is 12.1. The van der Waals surface area contributed by atoms with E-state index in [0.717, 1.165) is 11.8 Å². The van der Waals surface area contributed by atoms with E-state index in [2.05, 4.69) is 37.3 Å². The van der Waals surface area contributed by atoms with Crippen LogP contribution in [0.3, 0.4) is 0 Å². The van der Waals surface area contributed by atoms with Crippen molar-refractivity contribution < 1.29 is 0 Å². The van der Waals surface area contributed by atoms with Crippen LogP contribution in [0, 0.1) is 23.2 Å². The van der Waals surface area contributed by atoms with Gasteiger partial charge >= 0.3 is 0 Å². The van der Waals surface area contributed by atoms with Crippen LogP contribution in [0.4, 0.5) is 0 Å². The van der Waals surface area contributed by atoms with Gasteiger partial charge in [-0.05, 0) is 74.3 Å². The third-order valence-corrected chi connectivity index (χ3v) is 6.48. The second-order valence-electron chi connectivity index (χ2n) is 8.88. The number of aryl methyl sites for hydroxylation is 2. The van der Waals surface area contributed by atoms with Crippen molar-refractivity contribution in [3.05, 3.63) is 59.7 Å². The largest absolute Gasteiger partial charge is 0.193 e. The second kappa shape index (κ2) is 15.1. The predicted molar refractivity (Wildman–Crippen MR) is 126 cm³/mol. The van der Waals surface area contributed by atoms with Crippen molar-refractivity contribution in [1.82, 2.24) is 0 Å². The number of hydrogen-bond donors (Lipinski definition) is 0. The molecule has 1 nitrogen and oxygen atoms in total. The lowest BCUT2D eigenvalue weighted by Gasteiger charge is -2.26. The molecule has 158 valence electrons. The van der Waals surface area contributed by atoms with E-state index in [0.29, 0.717) is 0 Å².